The maximum Gasteiger partial charge on any atom is 0.347 e. The molecule has 0 saturated carbocycles. The van der Waals surface area contributed by atoms with Gasteiger partial charge >= 0.3 is 5.97 Å². The SMILES string of the molecule is Cc1cc(C)c(NC(=O)CNC(=O)COC(=O)C(C)Oc2ccc(C#N)cc2)c(C)c1. The van der Waals surface area contributed by atoms with Crippen LogP contribution < -0.4 is 15.4 Å². The number of benzene rings is 2. The lowest BCUT2D eigenvalue weighted by Crippen LogP contribution is -2.37. The number of nitriles is 1. The summed E-state index contributed by atoms with van der Waals surface area (Å²) in [6, 6.07) is 12.1. The van der Waals surface area contributed by atoms with Crippen molar-refractivity contribution < 1.29 is 23.9 Å². The lowest BCUT2D eigenvalue weighted by molar-refractivity contribution is -0.154. The van der Waals surface area contributed by atoms with E-state index < -0.39 is 24.6 Å². The number of carbonyl (C=O) groups excluding carboxylic acids is 3. The van der Waals surface area contributed by atoms with E-state index in [2.05, 4.69) is 10.6 Å². The molecule has 2 aromatic carbocycles. The summed E-state index contributed by atoms with van der Waals surface area (Å²) >= 11 is 0. The largest absolute Gasteiger partial charge is 0.479 e. The Morgan fingerprint density at radius 3 is 2.23 bits per heavy atom. The molecule has 0 bridgehead atoms. The number of nitrogens with one attached hydrogen (secondary N) is 2. The molecule has 0 aromatic heterocycles. The van der Waals surface area contributed by atoms with Crippen LogP contribution in [0.1, 0.15) is 29.2 Å². The Morgan fingerprint density at radius 2 is 1.65 bits per heavy atom. The lowest BCUT2D eigenvalue weighted by Gasteiger charge is -2.14. The van der Waals surface area contributed by atoms with E-state index in [0.29, 0.717) is 17.0 Å². The summed E-state index contributed by atoms with van der Waals surface area (Å²) in [6.07, 6.45) is -0.948. The van der Waals surface area contributed by atoms with Crippen molar-refractivity contribution in [1.82, 2.24) is 5.32 Å². The third kappa shape index (κ3) is 7.16. The van der Waals surface area contributed by atoms with Gasteiger partial charge in [-0.25, -0.2) is 4.79 Å². The maximum absolute atomic E-state index is 12.1. The number of rotatable bonds is 8. The second-order valence-corrected chi connectivity index (χ2v) is 7.10. The molecular weight excluding hydrogens is 398 g/mol. The third-order valence-corrected chi connectivity index (χ3v) is 4.36. The Kier molecular flexibility index (Phi) is 8.15. The van der Waals surface area contributed by atoms with Gasteiger partial charge in [0, 0.05) is 5.69 Å². The zero-order valence-electron chi connectivity index (χ0n) is 17.9. The molecule has 1 unspecified atom stereocenters. The molecule has 0 heterocycles. The summed E-state index contributed by atoms with van der Waals surface area (Å²) in [7, 11) is 0. The second-order valence-electron chi connectivity index (χ2n) is 7.10. The van der Waals surface area contributed by atoms with Crippen LogP contribution in [0.5, 0.6) is 5.75 Å². The van der Waals surface area contributed by atoms with Gasteiger partial charge in [-0.3, -0.25) is 9.59 Å². The highest BCUT2D eigenvalue weighted by Crippen LogP contribution is 2.21. The Labute approximate surface area is 181 Å². The molecule has 0 fully saturated rings. The van der Waals surface area contributed by atoms with Crippen LogP contribution in [0, 0.1) is 32.1 Å². The highest BCUT2D eigenvalue weighted by molar-refractivity contribution is 5.96. The van der Waals surface area contributed by atoms with Crippen LogP contribution in [-0.4, -0.2) is 37.0 Å². The number of anilines is 1. The molecule has 0 radical (unpaired) electrons. The quantitative estimate of drug-likeness (QED) is 0.630. The summed E-state index contributed by atoms with van der Waals surface area (Å²) < 4.78 is 10.3. The highest BCUT2D eigenvalue weighted by atomic mass is 16.6. The number of ether oxygens (including phenoxy) is 2. The fourth-order valence-electron chi connectivity index (χ4n) is 2.91. The van der Waals surface area contributed by atoms with Gasteiger partial charge in [-0.2, -0.15) is 5.26 Å². The van der Waals surface area contributed by atoms with E-state index in [1.807, 2.05) is 39.0 Å². The lowest BCUT2D eigenvalue weighted by atomic mass is 10.1. The van der Waals surface area contributed by atoms with Gasteiger partial charge in [0.1, 0.15) is 5.75 Å². The standard InChI is InChI=1S/C23H25N3O5/c1-14-9-15(2)22(16(3)10-14)26-20(27)12-25-21(28)13-30-23(29)17(4)31-19-7-5-18(11-24)6-8-19/h5-10,17H,12-13H2,1-4H3,(H,25,28)(H,26,27). The molecule has 0 aliphatic rings. The summed E-state index contributed by atoms with van der Waals surface area (Å²) in [5.74, 6) is -1.32. The zero-order valence-corrected chi connectivity index (χ0v) is 17.9. The van der Waals surface area contributed by atoms with Gasteiger partial charge in [-0.05, 0) is 63.1 Å². The van der Waals surface area contributed by atoms with Gasteiger partial charge in [0.15, 0.2) is 12.7 Å². The van der Waals surface area contributed by atoms with Crippen molar-refractivity contribution in [3.63, 3.8) is 0 Å². The number of hydrogen-bond donors (Lipinski definition) is 2. The van der Waals surface area contributed by atoms with E-state index in [9.17, 15) is 14.4 Å². The van der Waals surface area contributed by atoms with E-state index in [4.69, 9.17) is 14.7 Å². The van der Waals surface area contributed by atoms with E-state index in [0.717, 1.165) is 16.7 Å². The van der Waals surface area contributed by atoms with Gasteiger partial charge in [0.25, 0.3) is 5.91 Å². The van der Waals surface area contributed by atoms with Crippen LogP contribution in [0.15, 0.2) is 36.4 Å². The minimum absolute atomic E-state index is 0.250. The summed E-state index contributed by atoms with van der Waals surface area (Å²) in [4.78, 5) is 36.0. The average Bonchev–Trinajstić information content (AvgIpc) is 2.73. The van der Waals surface area contributed by atoms with Gasteiger partial charge in [-0.1, -0.05) is 17.7 Å². The molecule has 2 amide bonds. The van der Waals surface area contributed by atoms with Crippen LogP contribution >= 0.6 is 0 Å². The first-order chi connectivity index (χ1) is 14.7. The van der Waals surface area contributed by atoms with E-state index in [1.54, 1.807) is 24.3 Å². The van der Waals surface area contributed by atoms with Gasteiger partial charge in [-0.15, -0.1) is 0 Å². The van der Waals surface area contributed by atoms with Gasteiger partial charge in [0.2, 0.25) is 5.91 Å². The van der Waals surface area contributed by atoms with E-state index >= 15 is 0 Å². The van der Waals surface area contributed by atoms with Crippen molar-refractivity contribution in [3.05, 3.63) is 58.7 Å². The van der Waals surface area contributed by atoms with Crippen molar-refractivity contribution in [3.8, 4) is 11.8 Å². The molecule has 31 heavy (non-hydrogen) atoms. The van der Waals surface area contributed by atoms with Crippen molar-refractivity contribution in [2.45, 2.75) is 33.8 Å². The first kappa shape index (κ1) is 23.4. The van der Waals surface area contributed by atoms with Crippen LogP contribution in [0.25, 0.3) is 0 Å². The van der Waals surface area contributed by atoms with Crippen LogP contribution in [0.4, 0.5) is 5.69 Å². The van der Waals surface area contributed by atoms with Crippen molar-refractivity contribution >= 4 is 23.5 Å². The molecule has 0 aliphatic carbocycles. The summed E-state index contributed by atoms with van der Waals surface area (Å²) in [5.41, 5.74) is 4.14. The van der Waals surface area contributed by atoms with Gasteiger partial charge in [0.05, 0.1) is 18.2 Å². The minimum Gasteiger partial charge on any atom is -0.479 e. The molecule has 8 heteroatoms. The molecule has 0 spiro atoms. The summed E-state index contributed by atoms with van der Waals surface area (Å²) in [6.45, 7) is 6.47. The Morgan fingerprint density at radius 1 is 1.03 bits per heavy atom. The maximum atomic E-state index is 12.1. The molecule has 0 aliphatic heterocycles. The topological polar surface area (TPSA) is 118 Å². The zero-order chi connectivity index (χ0) is 23.0. The molecule has 162 valence electrons. The Balaban J connectivity index is 1.75. The predicted octanol–water partition coefficient (Wildman–Crippen LogP) is 2.55. The van der Waals surface area contributed by atoms with E-state index in [-0.39, 0.29) is 12.5 Å². The fraction of sp³-hybridized carbons (Fsp3) is 0.304. The Hall–Kier alpha value is -3.86. The third-order valence-electron chi connectivity index (χ3n) is 4.36. The smallest absolute Gasteiger partial charge is 0.347 e. The fourth-order valence-corrected chi connectivity index (χ4v) is 2.91. The summed E-state index contributed by atoms with van der Waals surface area (Å²) in [5, 5.41) is 14.0. The van der Waals surface area contributed by atoms with Crippen molar-refractivity contribution in [1.29, 1.82) is 5.26 Å². The molecule has 2 N–H and O–H groups in total. The second kappa shape index (κ2) is 10.8. The first-order valence-electron chi connectivity index (χ1n) is 9.67. The first-order valence-corrected chi connectivity index (χ1v) is 9.67. The van der Waals surface area contributed by atoms with Crippen molar-refractivity contribution in [2.75, 3.05) is 18.5 Å². The number of amides is 2. The number of carbonyl (C=O) groups is 3. The van der Waals surface area contributed by atoms with Crippen LogP contribution in [-0.2, 0) is 19.1 Å². The monoisotopic (exact) mass is 423 g/mol. The molecule has 8 nitrogen and oxygen atoms in total. The average molecular weight is 423 g/mol. The number of esters is 1. The molecule has 1 atom stereocenters. The van der Waals surface area contributed by atoms with Gasteiger partial charge < -0.3 is 20.1 Å². The normalized spacial score (nSPS) is 11.1. The minimum atomic E-state index is -0.948. The molecule has 2 rings (SSSR count). The molecule has 0 saturated heterocycles. The predicted molar refractivity (Wildman–Crippen MR) is 114 cm³/mol. The molecular formula is C23H25N3O5. The number of aryl methyl sites for hydroxylation is 3. The van der Waals surface area contributed by atoms with E-state index in [1.165, 1.54) is 6.92 Å². The van der Waals surface area contributed by atoms with Crippen molar-refractivity contribution in [2.24, 2.45) is 0 Å². The van der Waals surface area contributed by atoms with Crippen LogP contribution in [0.3, 0.4) is 0 Å². The number of hydrogen-bond acceptors (Lipinski definition) is 6. The van der Waals surface area contributed by atoms with Crippen LogP contribution in [0.2, 0.25) is 0 Å². The highest BCUT2D eigenvalue weighted by Gasteiger charge is 2.18. The number of nitrogens with zero attached hydrogens (tertiary/aromatic N) is 1. The molecule has 2 aromatic rings. The Bertz CT molecular complexity index is 986.